The molecule has 1 aromatic rings. The van der Waals surface area contributed by atoms with Gasteiger partial charge in [0.05, 0.1) is 28.2 Å². The predicted octanol–water partition coefficient (Wildman–Crippen LogP) is 2.88. The zero-order chi connectivity index (χ0) is 17.0. The summed E-state index contributed by atoms with van der Waals surface area (Å²) >= 11 is 5.73. The smallest absolute Gasteiger partial charge is 0.410 e. The second-order valence-electron chi connectivity index (χ2n) is 6.61. The van der Waals surface area contributed by atoms with Gasteiger partial charge in [-0.05, 0) is 39.5 Å². The van der Waals surface area contributed by atoms with Crippen molar-refractivity contribution in [3.05, 3.63) is 17.4 Å². The molecule has 1 aliphatic heterocycles. The first-order valence-electron chi connectivity index (χ1n) is 7.58. The number of piperidine rings is 1. The summed E-state index contributed by atoms with van der Waals surface area (Å²) in [5.41, 5.74) is -0.485. The molecule has 2 rings (SSSR count). The van der Waals surface area contributed by atoms with E-state index in [0.717, 1.165) is 12.8 Å². The van der Waals surface area contributed by atoms with Gasteiger partial charge in [-0.2, -0.15) is 0 Å². The molecule has 1 atom stereocenters. The average molecular weight is 360 g/mol. The predicted molar refractivity (Wildman–Crippen MR) is 88.8 cm³/mol. The monoisotopic (exact) mass is 359 g/mol. The van der Waals surface area contributed by atoms with Crippen molar-refractivity contribution in [2.45, 2.75) is 44.4 Å². The second-order valence-corrected chi connectivity index (χ2v) is 8.43. The first-order valence-corrected chi connectivity index (χ1v) is 9.28. The van der Waals surface area contributed by atoms with Crippen LogP contribution in [0.4, 0.5) is 4.79 Å². The van der Waals surface area contributed by atoms with E-state index in [9.17, 15) is 9.00 Å². The van der Waals surface area contributed by atoms with E-state index in [4.69, 9.17) is 16.3 Å². The van der Waals surface area contributed by atoms with Crippen LogP contribution in [-0.4, -0.2) is 49.6 Å². The van der Waals surface area contributed by atoms with Crippen molar-refractivity contribution in [2.75, 3.05) is 18.8 Å². The third kappa shape index (κ3) is 5.73. The van der Waals surface area contributed by atoms with Crippen LogP contribution in [0.25, 0.3) is 0 Å². The largest absolute Gasteiger partial charge is 0.444 e. The van der Waals surface area contributed by atoms with Crippen LogP contribution in [0.5, 0.6) is 0 Å². The molecule has 0 saturated carbocycles. The summed E-state index contributed by atoms with van der Waals surface area (Å²) in [5.74, 6) is 0.790. The molecule has 128 valence electrons. The second kappa shape index (κ2) is 7.57. The van der Waals surface area contributed by atoms with Crippen LogP contribution in [0.15, 0.2) is 17.6 Å². The normalized spacial score (nSPS) is 17.8. The van der Waals surface area contributed by atoms with Gasteiger partial charge in [0.25, 0.3) is 0 Å². The van der Waals surface area contributed by atoms with Gasteiger partial charge in [-0.15, -0.1) is 0 Å². The summed E-state index contributed by atoms with van der Waals surface area (Å²) in [6.07, 6.45) is 4.23. The number of likely N-dealkylation sites (tertiary alicyclic amines) is 1. The Kier molecular flexibility index (Phi) is 5.97. The van der Waals surface area contributed by atoms with Crippen molar-refractivity contribution in [3.63, 3.8) is 0 Å². The van der Waals surface area contributed by atoms with E-state index in [1.165, 1.54) is 12.4 Å². The van der Waals surface area contributed by atoms with Crippen LogP contribution in [-0.2, 0) is 15.5 Å². The number of nitrogens with zero attached hydrogens (tertiary/aromatic N) is 3. The van der Waals surface area contributed by atoms with E-state index in [1.54, 1.807) is 4.90 Å². The zero-order valence-corrected chi connectivity index (χ0v) is 15.2. The summed E-state index contributed by atoms with van der Waals surface area (Å²) in [5, 5.41) is 0.736. The lowest BCUT2D eigenvalue weighted by molar-refractivity contribution is 0.0191. The number of carbonyl (C=O) groups excluding carboxylic acids is 1. The van der Waals surface area contributed by atoms with Gasteiger partial charge < -0.3 is 9.64 Å². The maximum Gasteiger partial charge on any atom is 0.410 e. The van der Waals surface area contributed by atoms with Crippen molar-refractivity contribution in [2.24, 2.45) is 5.92 Å². The fourth-order valence-electron chi connectivity index (χ4n) is 2.32. The van der Waals surface area contributed by atoms with Gasteiger partial charge >= 0.3 is 6.09 Å². The molecule has 6 nitrogen and oxygen atoms in total. The highest BCUT2D eigenvalue weighted by Crippen LogP contribution is 2.21. The Morgan fingerprint density at radius 1 is 1.35 bits per heavy atom. The zero-order valence-electron chi connectivity index (χ0n) is 13.6. The minimum Gasteiger partial charge on any atom is -0.444 e. The molecule has 0 radical (unpaired) electrons. The van der Waals surface area contributed by atoms with Crippen LogP contribution < -0.4 is 0 Å². The van der Waals surface area contributed by atoms with Gasteiger partial charge in [-0.25, -0.2) is 14.8 Å². The van der Waals surface area contributed by atoms with Crippen molar-refractivity contribution < 1.29 is 13.7 Å². The Morgan fingerprint density at radius 2 is 1.91 bits per heavy atom. The van der Waals surface area contributed by atoms with Crippen LogP contribution in [0.3, 0.4) is 0 Å². The summed E-state index contributed by atoms with van der Waals surface area (Å²) in [6.45, 7) is 6.81. The van der Waals surface area contributed by atoms with Crippen molar-refractivity contribution >= 4 is 28.5 Å². The average Bonchev–Trinajstić information content (AvgIpc) is 2.46. The minimum atomic E-state index is -1.24. The maximum absolute atomic E-state index is 12.3. The van der Waals surface area contributed by atoms with Gasteiger partial charge in [0.2, 0.25) is 5.16 Å². The standard InChI is InChI=1S/C15H22ClN3O3S/c1-15(2,3)22-14(20)19-6-4-11(5-7-19)10-23(21)13-17-8-12(16)9-18-13/h8-9,11H,4-7,10H2,1-3H3/t23-/m1/s1. The lowest BCUT2D eigenvalue weighted by Crippen LogP contribution is -2.42. The van der Waals surface area contributed by atoms with Crippen molar-refractivity contribution in [3.8, 4) is 0 Å². The molecule has 0 aromatic carbocycles. The van der Waals surface area contributed by atoms with Gasteiger partial charge in [0, 0.05) is 18.8 Å². The quantitative estimate of drug-likeness (QED) is 0.776. The molecule has 1 fully saturated rings. The number of amides is 1. The number of rotatable bonds is 3. The highest BCUT2D eigenvalue weighted by molar-refractivity contribution is 7.84. The number of hydrogen-bond acceptors (Lipinski definition) is 5. The Labute approximate surface area is 144 Å². The molecule has 1 amide bonds. The van der Waals surface area contributed by atoms with E-state index in [0.29, 0.717) is 29.0 Å². The van der Waals surface area contributed by atoms with E-state index in [-0.39, 0.29) is 12.0 Å². The fourth-order valence-corrected chi connectivity index (χ4v) is 3.66. The van der Waals surface area contributed by atoms with Crippen molar-refractivity contribution in [1.82, 2.24) is 14.9 Å². The number of hydrogen-bond donors (Lipinski definition) is 0. The van der Waals surface area contributed by atoms with Crippen LogP contribution >= 0.6 is 11.6 Å². The molecule has 1 aliphatic rings. The van der Waals surface area contributed by atoms with E-state index in [2.05, 4.69) is 9.97 Å². The summed E-state index contributed by atoms with van der Waals surface area (Å²) in [4.78, 5) is 21.7. The molecule has 0 unspecified atom stereocenters. The fraction of sp³-hybridized carbons (Fsp3) is 0.667. The highest BCUT2D eigenvalue weighted by Gasteiger charge is 2.28. The molecular formula is C15H22ClN3O3S. The topological polar surface area (TPSA) is 72.4 Å². The Bertz CT molecular complexity index is 566. The molecule has 0 spiro atoms. The SMILES string of the molecule is CC(C)(C)OC(=O)N1CCC(C[S@@](=O)c2ncc(Cl)cn2)CC1. The highest BCUT2D eigenvalue weighted by atomic mass is 35.5. The van der Waals surface area contributed by atoms with E-state index in [1.807, 2.05) is 20.8 Å². The lowest BCUT2D eigenvalue weighted by Gasteiger charge is -2.33. The lowest BCUT2D eigenvalue weighted by atomic mass is 9.99. The van der Waals surface area contributed by atoms with Gasteiger partial charge in [0.15, 0.2) is 0 Å². The van der Waals surface area contributed by atoms with Gasteiger partial charge in [0.1, 0.15) is 5.60 Å². The molecular weight excluding hydrogens is 338 g/mol. The molecule has 0 bridgehead atoms. The summed E-state index contributed by atoms with van der Waals surface area (Å²) in [6, 6.07) is 0. The summed E-state index contributed by atoms with van der Waals surface area (Å²) < 4.78 is 17.6. The summed E-state index contributed by atoms with van der Waals surface area (Å²) in [7, 11) is -1.24. The molecule has 0 aliphatic carbocycles. The van der Waals surface area contributed by atoms with E-state index < -0.39 is 16.4 Å². The number of ether oxygens (including phenoxy) is 1. The molecule has 1 aromatic heterocycles. The Hall–Kier alpha value is -1.21. The first-order chi connectivity index (χ1) is 10.7. The van der Waals surface area contributed by atoms with E-state index >= 15 is 0 Å². The molecule has 2 heterocycles. The molecule has 8 heteroatoms. The maximum atomic E-state index is 12.3. The number of aromatic nitrogens is 2. The van der Waals surface area contributed by atoms with Crippen LogP contribution in [0.2, 0.25) is 5.02 Å². The number of carbonyl (C=O) groups is 1. The first kappa shape index (κ1) is 18.1. The molecule has 0 N–H and O–H groups in total. The third-order valence-corrected chi connectivity index (χ3v) is 5.04. The Morgan fingerprint density at radius 3 is 2.43 bits per heavy atom. The molecule has 23 heavy (non-hydrogen) atoms. The van der Waals surface area contributed by atoms with Crippen molar-refractivity contribution in [1.29, 1.82) is 0 Å². The van der Waals surface area contributed by atoms with Gasteiger partial charge in [-0.1, -0.05) is 11.6 Å². The molecule has 1 saturated heterocycles. The Balaban J connectivity index is 1.81. The third-order valence-electron chi connectivity index (χ3n) is 3.45. The van der Waals surface area contributed by atoms with Gasteiger partial charge in [-0.3, -0.25) is 4.21 Å². The van der Waals surface area contributed by atoms with Crippen LogP contribution in [0.1, 0.15) is 33.6 Å². The minimum absolute atomic E-state index is 0.280. The van der Waals surface area contributed by atoms with Crippen LogP contribution in [0, 0.1) is 5.92 Å². The number of halogens is 1.